The summed E-state index contributed by atoms with van der Waals surface area (Å²) in [7, 11) is -7.05. The highest BCUT2D eigenvalue weighted by Gasteiger charge is 2.28. The zero-order valence-corrected chi connectivity index (χ0v) is 17.4. The number of rotatable bonds is 7. The highest BCUT2D eigenvalue weighted by Crippen LogP contribution is 2.21. The van der Waals surface area contributed by atoms with Crippen LogP contribution in [0.4, 0.5) is 0 Å². The van der Waals surface area contributed by atoms with Gasteiger partial charge in [-0.1, -0.05) is 6.07 Å². The molecule has 2 rings (SSSR count). The molecule has 0 aliphatic carbocycles. The normalized spacial score (nSPS) is 18.7. The van der Waals surface area contributed by atoms with E-state index in [9.17, 15) is 21.6 Å². The predicted molar refractivity (Wildman–Crippen MR) is 103 cm³/mol. The summed E-state index contributed by atoms with van der Waals surface area (Å²) in [5, 5.41) is 0. The van der Waals surface area contributed by atoms with Crippen molar-refractivity contribution in [1.29, 1.82) is 0 Å². The Morgan fingerprint density at radius 2 is 1.93 bits per heavy atom. The summed E-state index contributed by atoms with van der Waals surface area (Å²) in [5.74, 6) is -0.295. The minimum Gasteiger partial charge on any atom is -0.334 e. The topological polar surface area (TPSA) is 113 Å². The number of nitrogens with zero attached hydrogens (tertiary/aromatic N) is 1. The average molecular weight is 418 g/mol. The van der Waals surface area contributed by atoms with Gasteiger partial charge in [0.25, 0.3) is 5.91 Å². The fraction of sp³-hybridized carbons (Fsp3) is 0.588. The molecule has 1 aliphatic heterocycles. The third kappa shape index (κ3) is 6.27. The van der Waals surface area contributed by atoms with Gasteiger partial charge in [-0.15, -0.1) is 0 Å². The number of benzene rings is 1. The smallest absolute Gasteiger partial charge is 0.254 e. The molecule has 1 saturated heterocycles. The standard InChI is InChI=1S/C17H27N3O5S2/c1-13(2)19-27(24,25)16-9-6-7-14(11-16)17(21)20-10-5-4-8-15(20)12-18-26(3,22)23/h6-7,9,11,13,15,18-19H,4-5,8,10,12H2,1-3H3. The van der Waals surface area contributed by atoms with E-state index in [-0.39, 0.29) is 35.0 Å². The highest BCUT2D eigenvalue weighted by molar-refractivity contribution is 7.89. The van der Waals surface area contributed by atoms with Crippen LogP contribution in [0.25, 0.3) is 0 Å². The lowest BCUT2D eigenvalue weighted by molar-refractivity contribution is 0.0618. The van der Waals surface area contributed by atoms with Crippen molar-refractivity contribution in [3.05, 3.63) is 29.8 Å². The van der Waals surface area contributed by atoms with Crippen molar-refractivity contribution in [1.82, 2.24) is 14.3 Å². The zero-order chi connectivity index (χ0) is 20.2. The largest absolute Gasteiger partial charge is 0.334 e. The van der Waals surface area contributed by atoms with Crippen LogP contribution < -0.4 is 9.44 Å². The van der Waals surface area contributed by atoms with Gasteiger partial charge in [-0.3, -0.25) is 4.79 Å². The van der Waals surface area contributed by atoms with Crippen LogP contribution in [0.5, 0.6) is 0 Å². The molecule has 1 aliphatic rings. The molecule has 1 atom stereocenters. The number of nitrogens with one attached hydrogen (secondary N) is 2. The van der Waals surface area contributed by atoms with Crippen LogP contribution in [0.2, 0.25) is 0 Å². The second-order valence-corrected chi connectivity index (χ2v) is 10.6. The molecule has 10 heteroatoms. The van der Waals surface area contributed by atoms with E-state index in [0.29, 0.717) is 13.0 Å². The highest BCUT2D eigenvalue weighted by atomic mass is 32.2. The van der Waals surface area contributed by atoms with Gasteiger partial charge in [0.15, 0.2) is 0 Å². The Labute approximate surface area is 161 Å². The van der Waals surface area contributed by atoms with Gasteiger partial charge in [-0.05, 0) is 51.3 Å². The van der Waals surface area contributed by atoms with Crippen LogP contribution in [0, 0.1) is 0 Å². The van der Waals surface area contributed by atoms with E-state index in [1.165, 1.54) is 18.2 Å². The Balaban J connectivity index is 2.23. The molecule has 152 valence electrons. The third-order valence-corrected chi connectivity index (χ3v) is 6.60. The number of carbonyl (C=O) groups is 1. The van der Waals surface area contributed by atoms with Crippen molar-refractivity contribution < 1.29 is 21.6 Å². The molecule has 0 aromatic heterocycles. The second-order valence-electron chi connectivity index (χ2n) is 7.07. The molecule has 1 unspecified atom stereocenters. The average Bonchev–Trinajstić information content (AvgIpc) is 2.58. The van der Waals surface area contributed by atoms with Gasteiger partial charge in [-0.25, -0.2) is 26.3 Å². The molecular formula is C17H27N3O5S2. The number of piperidine rings is 1. The van der Waals surface area contributed by atoms with Gasteiger partial charge in [0.05, 0.1) is 11.2 Å². The summed E-state index contributed by atoms with van der Waals surface area (Å²) in [4.78, 5) is 14.6. The summed E-state index contributed by atoms with van der Waals surface area (Å²) in [6, 6.07) is 5.41. The van der Waals surface area contributed by atoms with E-state index in [4.69, 9.17) is 0 Å². The molecule has 0 bridgehead atoms. The number of sulfonamides is 2. The monoisotopic (exact) mass is 417 g/mol. The molecule has 0 spiro atoms. The number of carbonyl (C=O) groups excluding carboxylic acids is 1. The van der Waals surface area contributed by atoms with Gasteiger partial charge in [0.2, 0.25) is 20.0 Å². The first-order chi connectivity index (χ1) is 12.5. The lowest BCUT2D eigenvalue weighted by Crippen LogP contribution is -2.49. The lowest BCUT2D eigenvalue weighted by atomic mass is 10.0. The number of hydrogen-bond acceptors (Lipinski definition) is 5. The second kappa shape index (κ2) is 8.68. The molecule has 8 nitrogen and oxygen atoms in total. The first kappa shape index (κ1) is 21.8. The Morgan fingerprint density at radius 1 is 1.22 bits per heavy atom. The maximum absolute atomic E-state index is 13.0. The van der Waals surface area contributed by atoms with E-state index >= 15 is 0 Å². The summed E-state index contributed by atoms with van der Waals surface area (Å²) in [6.07, 6.45) is 3.51. The molecular weight excluding hydrogens is 390 g/mol. The van der Waals surface area contributed by atoms with Gasteiger partial charge in [0.1, 0.15) is 0 Å². The minimum atomic E-state index is -3.70. The van der Waals surface area contributed by atoms with Crippen LogP contribution in [-0.2, 0) is 20.0 Å². The first-order valence-electron chi connectivity index (χ1n) is 8.87. The number of hydrogen-bond donors (Lipinski definition) is 2. The summed E-state index contributed by atoms with van der Waals surface area (Å²) in [5.41, 5.74) is 0.271. The first-order valence-corrected chi connectivity index (χ1v) is 12.2. The minimum absolute atomic E-state index is 0.0323. The van der Waals surface area contributed by atoms with Gasteiger partial charge >= 0.3 is 0 Å². The van der Waals surface area contributed by atoms with Crippen molar-refractivity contribution in [3.63, 3.8) is 0 Å². The SMILES string of the molecule is CC(C)NS(=O)(=O)c1cccc(C(=O)N2CCCCC2CNS(C)(=O)=O)c1. The van der Waals surface area contributed by atoms with Crippen LogP contribution in [0.1, 0.15) is 43.5 Å². The Hall–Kier alpha value is -1.49. The zero-order valence-electron chi connectivity index (χ0n) is 15.8. The third-order valence-electron chi connectivity index (χ3n) is 4.25. The summed E-state index contributed by atoms with van der Waals surface area (Å²) < 4.78 is 52.4. The van der Waals surface area contributed by atoms with Gasteiger partial charge in [-0.2, -0.15) is 0 Å². The number of amides is 1. The summed E-state index contributed by atoms with van der Waals surface area (Å²) in [6.45, 7) is 4.10. The van der Waals surface area contributed by atoms with E-state index in [2.05, 4.69) is 9.44 Å². The van der Waals surface area contributed by atoms with Crippen molar-refractivity contribution in [2.45, 2.75) is 50.1 Å². The van der Waals surface area contributed by atoms with E-state index < -0.39 is 20.0 Å². The lowest BCUT2D eigenvalue weighted by Gasteiger charge is -2.36. The maximum Gasteiger partial charge on any atom is 0.254 e. The molecule has 1 aromatic rings. The van der Waals surface area contributed by atoms with Crippen molar-refractivity contribution in [2.24, 2.45) is 0 Å². The molecule has 27 heavy (non-hydrogen) atoms. The van der Waals surface area contributed by atoms with Gasteiger partial charge < -0.3 is 4.90 Å². The van der Waals surface area contributed by atoms with E-state index in [0.717, 1.165) is 19.1 Å². The fourth-order valence-corrected chi connectivity index (χ4v) is 4.86. The Bertz CT molecular complexity index is 882. The molecule has 1 fully saturated rings. The van der Waals surface area contributed by atoms with Crippen LogP contribution in [0.3, 0.4) is 0 Å². The van der Waals surface area contributed by atoms with Crippen molar-refractivity contribution in [2.75, 3.05) is 19.3 Å². The van der Waals surface area contributed by atoms with E-state index in [1.807, 2.05) is 0 Å². The molecule has 1 aromatic carbocycles. The fourth-order valence-electron chi connectivity index (χ4n) is 3.07. The van der Waals surface area contributed by atoms with Crippen LogP contribution in [0.15, 0.2) is 29.2 Å². The molecule has 0 saturated carbocycles. The molecule has 1 amide bonds. The van der Waals surface area contributed by atoms with Crippen molar-refractivity contribution >= 4 is 26.0 Å². The van der Waals surface area contributed by atoms with Crippen LogP contribution >= 0.6 is 0 Å². The molecule has 0 radical (unpaired) electrons. The number of likely N-dealkylation sites (tertiary alicyclic amines) is 1. The predicted octanol–water partition coefficient (Wildman–Crippen LogP) is 0.917. The quantitative estimate of drug-likeness (QED) is 0.685. The summed E-state index contributed by atoms with van der Waals surface area (Å²) >= 11 is 0. The molecule has 1 heterocycles. The van der Waals surface area contributed by atoms with Crippen LogP contribution in [-0.4, -0.2) is 59.1 Å². The Morgan fingerprint density at radius 3 is 2.56 bits per heavy atom. The van der Waals surface area contributed by atoms with E-state index in [1.54, 1.807) is 24.8 Å². The van der Waals surface area contributed by atoms with Gasteiger partial charge in [0, 0.05) is 30.7 Å². The maximum atomic E-state index is 13.0. The molecule has 2 N–H and O–H groups in total. The Kier molecular flexibility index (Phi) is 7.01. The van der Waals surface area contributed by atoms with Crippen molar-refractivity contribution in [3.8, 4) is 0 Å².